The molecular formula is C12H10BrN3O3S. The Bertz CT molecular complexity index is 785. The number of carbonyl (C=O) groups excluding carboxylic acids is 1. The molecule has 0 saturated carbocycles. The summed E-state index contributed by atoms with van der Waals surface area (Å²) in [5, 5.41) is 2.54. The van der Waals surface area contributed by atoms with Gasteiger partial charge in [-0.3, -0.25) is 5.32 Å². The molecule has 8 heteroatoms. The molecule has 1 aromatic carbocycles. The third-order valence-electron chi connectivity index (χ3n) is 2.92. The summed E-state index contributed by atoms with van der Waals surface area (Å²) in [6, 6.07) is 9.60. The molecule has 0 saturated heterocycles. The van der Waals surface area contributed by atoms with Gasteiger partial charge in [0.05, 0.1) is 6.54 Å². The third-order valence-corrected chi connectivity index (χ3v) is 5.08. The second-order valence-corrected chi connectivity index (χ2v) is 6.91. The van der Waals surface area contributed by atoms with Crippen LogP contribution in [0.15, 0.2) is 47.1 Å². The third kappa shape index (κ3) is 2.10. The highest BCUT2D eigenvalue weighted by Gasteiger charge is 2.35. The lowest BCUT2D eigenvalue weighted by Crippen LogP contribution is -2.46. The number of fused-ring (bicyclic) bond motifs is 1. The highest BCUT2D eigenvalue weighted by molar-refractivity contribution is 9.10. The van der Waals surface area contributed by atoms with E-state index in [1.807, 2.05) is 6.07 Å². The molecule has 20 heavy (non-hydrogen) atoms. The van der Waals surface area contributed by atoms with E-state index in [2.05, 4.69) is 21.2 Å². The molecular weight excluding hydrogens is 346 g/mol. The molecule has 1 N–H and O–H groups in total. The van der Waals surface area contributed by atoms with Crippen LogP contribution in [0.4, 0.5) is 10.6 Å². The maximum Gasteiger partial charge on any atom is 0.338 e. The topological polar surface area (TPSA) is 71.4 Å². The number of nitrogens with zero attached hydrogens (tertiary/aromatic N) is 2. The molecule has 1 aromatic heterocycles. The summed E-state index contributed by atoms with van der Waals surface area (Å²) in [4.78, 5) is 12.0. The first-order valence-corrected chi connectivity index (χ1v) is 7.93. The number of hydrogen-bond donors (Lipinski definition) is 1. The SMILES string of the molecule is O=C1Nc2cccn2S(=O)(=O)N1Cc1cccc(Br)c1. The van der Waals surface area contributed by atoms with Crippen molar-refractivity contribution >= 4 is 38.0 Å². The zero-order valence-corrected chi connectivity index (χ0v) is 12.6. The van der Waals surface area contributed by atoms with Gasteiger partial charge in [0, 0.05) is 10.7 Å². The lowest BCUT2D eigenvalue weighted by Gasteiger charge is -2.28. The van der Waals surface area contributed by atoms with Gasteiger partial charge in [-0.05, 0) is 29.8 Å². The van der Waals surface area contributed by atoms with Crippen molar-refractivity contribution in [1.82, 2.24) is 8.28 Å². The molecule has 0 unspecified atom stereocenters. The van der Waals surface area contributed by atoms with Crippen LogP contribution in [0.2, 0.25) is 0 Å². The van der Waals surface area contributed by atoms with Gasteiger partial charge in [0.1, 0.15) is 5.82 Å². The van der Waals surface area contributed by atoms with Gasteiger partial charge in [0.25, 0.3) is 0 Å². The number of halogens is 1. The zero-order chi connectivity index (χ0) is 14.3. The number of benzene rings is 1. The van der Waals surface area contributed by atoms with Crippen LogP contribution in [0, 0.1) is 0 Å². The number of urea groups is 1. The summed E-state index contributed by atoms with van der Waals surface area (Å²) in [5.74, 6) is 0.250. The molecule has 0 spiro atoms. The maximum atomic E-state index is 12.4. The molecule has 1 aliphatic rings. The van der Waals surface area contributed by atoms with Gasteiger partial charge < -0.3 is 0 Å². The Morgan fingerprint density at radius 1 is 1.20 bits per heavy atom. The number of anilines is 1. The van der Waals surface area contributed by atoms with E-state index in [0.717, 1.165) is 12.8 Å². The number of aromatic nitrogens is 1. The van der Waals surface area contributed by atoms with Crippen LogP contribution in [0.1, 0.15) is 5.56 Å². The Balaban J connectivity index is 2.00. The fraction of sp³-hybridized carbons (Fsp3) is 0.0833. The second kappa shape index (κ2) is 4.64. The molecule has 1 aliphatic heterocycles. The number of amides is 2. The number of nitrogens with one attached hydrogen (secondary N) is 1. The van der Waals surface area contributed by atoms with Gasteiger partial charge in [0.2, 0.25) is 0 Å². The molecule has 6 nitrogen and oxygen atoms in total. The number of carbonyl (C=O) groups is 1. The van der Waals surface area contributed by atoms with E-state index in [0.29, 0.717) is 5.56 Å². The van der Waals surface area contributed by atoms with Gasteiger partial charge >= 0.3 is 16.2 Å². The fourth-order valence-electron chi connectivity index (χ4n) is 2.00. The Morgan fingerprint density at radius 3 is 2.75 bits per heavy atom. The Morgan fingerprint density at radius 2 is 2.00 bits per heavy atom. The van der Waals surface area contributed by atoms with Gasteiger partial charge in [-0.2, -0.15) is 12.7 Å². The molecule has 0 aliphatic carbocycles. The van der Waals surface area contributed by atoms with Crippen molar-refractivity contribution in [3.8, 4) is 0 Å². The van der Waals surface area contributed by atoms with E-state index in [1.54, 1.807) is 24.3 Å². The average Bonchev–Trinajstić information content (AvgIpc) is 2.84. The first kappa shape index (κ1) is 13.2. The summed E-state index contributed by atoms with van der Waals surface area (Å²) in [6.07, 6.45) is 1.40. The van der Waals surface area contributed by atoms with Gasteiger partial charge in [0.15, 0.2) is 0 Å². The van der Waals surface area contributed by atoms with Crippen LogP contribution < -0.4 is 5.32 Å². The smallest absolute Gasteiger partial charge is 0.292 e. The van der Waals surface area contributed by atoms with E-state index in [9.17, 15) is 13.2 Å². The first-order chi connectivity index (χ1) is 9.48. The lowest BCUT2D eigenvalue weighted by molar-refractivity contribution is 0.233. The van der Waals surface area contributed by atoms with E-state index in [4.69, 9.17) is 0 Å². The van der Waals surface area contributed by atoms with Crippen LogP contribution in [0.5, 0.6) is 0 Å². The molecule has 0 bridgehead atoms. The molecule has 0 atom stereocenters. The summed E-state index contributed by atoms with van der Waals surface area (Å²) < 4.78 is 27.4. The quantitative estimate of drug-likeness (QED) is 0.898. The molecule has 104 valence electrons. The highest BCUT2D eigenvalue weighted by Crippen LogP contribution is 2.24. The minimum Gasteiger partial charge on any atom is -0.292 e. The molecule has 2 amide bonds. The van der Waals surface area contributed by atoms with Crippen LogP contribution in [-0.2, 0) is 16.8 Å². The Labute approximate surface area is 124 Å². The van der Waals surface area contributed by atoms with Crippen LogP contribution in [0.25, 0.3) is 0 Å². The summed E-state index contributed by atoms with van der Waals surface area (Å²) >= 11 is 3.32. The lowest BCUT2D eigenvalue weighted by atomic mass is 10.2. The first-order valence-electron chi connectivity index (χ1n) is 5.74. The van der Waals surface area contributed by atoms with Crippen molar-refractivity contribution in [2.24, 2.45) is 0 Å². The van der Waals surface area contributed by atoms with Gasteiger partial charge in [-0.15, -0.1) is 0 Å². The van der Waals surface area contributed by atoms with Crippen molar-refractivity contribution in [2.45, 2.75) is 6.54 Å². The van der Waals surface area contributed by atoms with E-state index < -0.39 is 16.2 Å². The van der Waals surface area contributed by atoms with Crippen molar-refractivity contribution in [1.29, 1.82) is 0 Å². The highest BCUT2D eigenvalue weighted by atomic mass is 79.9. The fourth-order valence-corrected chi connectivity index (χ4v) is 3.81. The molecule has 3 rings (SSSR count). The normalized spacial score (nSPS) is 16.6. The van der Waals surface area contributed by atoms with Crippen molar-refractivity contribution in [3.05, 3.63) is 52.6 Å². The van der Waals surface area contributed by atoms with Crippen molar-refractivity contribution < 1.29 is 13.2 Å². The molecule has 2 heterocycles. The van der Waals surface area contributed by atoms with E-state index in [1.165, 1.54) is 12.3 Å². The molecule has 0 radical (unpaired) electrons. The maximum absolute atomic E-state index is 12.4. The van der Waals surface area contributed by atoms with Gasteiger partial charge in [-0.25, -0.2) is 8.77 Å². The second-order valence-electron chi connectivity index (χ2n) is 4.26. The average molecular weight is 356 g/mol. The minimum absolute atomic E-state index is 0.0226. The van der Waals surface area contributed by atoms with Gasteiger partial charge in [-0.1, -0.05) is 28.1 Å². The van der Waals surface area contributed by atoms with E-state index >= 15 is 0 Å². The predicted molar refractivity (Wildman–Crippen MR) is 77.5 cm³/mol. The van der Waals surface area contributed by atoms with Crippen molar-refractivity contribution in [2.75, 3.05) is 5.32 Å². The van der Waals surface area contributed by atoms with Crippen LogP contribution in [-0.4, -0.2) is 22.7 Å². The van der Waals surface area contributed by atoms with E-state index in [-0.39, 0.29) is 12.4 Å². The Hall–Kier alpha value is -1.80. The predicted octanol–water partition coefficient (Wildman–Crippen LogP) is 2.39. The standard InChI is InChI=1S/C12H10BrN3O3S/c13-10-4-1-3-9(7-10)8-16-12(17)14-11-5-2-6-15(11)20(16,18)19/h1-7H,8H2,(H,14,17). The summed E-state index contributed by atoms with van der Waals surface area (Å²) in [5.41, 5.74) is 0.716. The minimum atomic E-state index is -3.88. The molecule has 2 aromatic rings. The monoisotopic (exact) mass is 355 g/mol. The summed E-state index contributed by atoms with van der Waals surface area (Å²) in [6.45, 7) is -0.0226. The van der Waals surface area contributed by atoms with Crippen LogP contribution in [0.3, 0.4) is 0 Å². The number of hydrogen-bond acceptors (Lipinski definition) is 3. The number of rotatable bonds is 2. The zero-order valence-electron chi connectivity index (χ0n) is 10.2. The Kier molecular flexibility index (Phi) is 3.06. The van der Waals surface area contributed by atoms with Crippen molar-refractivity contribution in [3.63, 3.8) is 0 Å². The van der Waals surface area contributed by atoms with Crippen LogP contribution >= 0.6 is 15.9 Å². The largest absolute Gasteiger partial charge is 0.338 e. The summed E-state index contributed by atoms with van der Waals surface area (Å²) in [7, 11) is -3.88. The molecule has 0 fully saturated rings.